The second-order valence-corrected chi connectivity index (χ2v) is 3.68. The summed E-state index contributed by atoms with van der Waals surface area (Å²) in [7, 11) is 1.22. The minimum atomic E-state index is -4.56. The summed E-state index contributed by atoms with van der Waals surface area (Å²) in [6.07, 6.45) is -1.86. The fourth-order valence-electron chi connectivity index (χ4n) is 1.13. The van der Waals surface area contributed by atoms with Gasteiger partial charge in [0.15, 0.2) is 0 Å². The van der Waals surface area contributed by atoms with Crippen LogP contribution < -0.4 is 0 Å². The van der Waals surface area contributed by atoms with Gasteiger partial charge >= 0.3 is 12.1 Å². The summed E-state index contributed by atoms with van der Waals surface area (Å²) in [4.78, 5) is 14.0. The molecule has 0 fully saturated rings. The van der Waals surface area contributed by atoms with E-state index in [2.05, 4.69) is 9.72 Å². The van der Waals surface area contributed by atoms with E-state index >= 15 is 0 Å². The Morgan fingerprint density at radius 3 is 2.72 bits per heavy atom. The second kappa shape index (κ2) is 5.86. The van der Waals surface area contributed by atoms with Gasteiger partial charge in [0, 0.05) is 0 Å². The van der Waals surface area contributed by atoms with Crippen LogP contribution in [-0.2, 0) is 15.7 Å². The fourth-order valence-corrected chi connectivity index (χ4v) is 1.35. The summed E-state index contributed by atoms with van der Waals surface area (Å²) in [6.45, 7) is 0. The summed E-state index contributed by atoms with van der Waals surface area (Å²) < 4.78 is 41.7. The predicted molar refractivity (Wildman–Crippen MR) is 59.9 cm³/mol. The maximum Gasteiger partial charge on any atom is 0.433 e. The van der Waals surface area contributed by atoms with E-state index in [1.165, 1.54) is 25.3 Å². The number of esters is 1. The molecule has 3 nitrogen and oxygen atoms in total. The van der Waals surface area contributed by atoms with Crippen LogP contribution in [0.5, 0.6) is 0 Å². The van der Waals surface area contributed by atoms with Crippen molar-refractivity contribution in [3.8, 4) is 0 Å². The SMILES string of the molecule is COC(=O)CC=Cc1cc(Cl)nc(C(F)(F)F)c1. The van der Waals surface area contributed by atoms with Crippen LogP contribution >= 0.6 is 11.6 Å². The maximum absolute atomic E-state index is 12.4. The van der Waals surface area contributed by atoms with Crippen LogP contribution in [0.25, 0.3) is 6.08 Å². The third-order valence-corrected chi connectivity index (χ3v) is 2.12. The molecule has 1 aromatic heterocycles. The molecule has 1 heterocycles. The van der Waals surface area contributed by atoms with Gasteiger partial charge in [0.1, 0.15) is 10.8 Å². The van der Waals surface area contributed by atoms with E-state index in [4.69, 9.17) is 11.6 Å². The number of hydrogen-bond donors (Lipinski definition) is 0. The molecule has 0 spiro atoms. The Morgan fingerprint density at radius 1 is 1.50 bits per heavy atom. The predicted octanol–water partition coefficient (Wildman–Crippen LogP) is 3.33. The molecule has 1 rings (SSSR count). The summed E-state index contributed by atoms with van der Waals surface area (Å²) >= 11 is 5.49. The number of ether oxygens (including phenoxy) is 1. The number of hydrogen-bond acceptors (Lipinski definition) is 3. The van der Waals surface area contributed by atoms with E-state index < -0.39 is 17.8 Å². The number of alkyl halides is 3. The minimum Gasteiger partial charge on any atom is -0.469 e. The first-order valence-corrected chi connectivity index (χ1v) is 5.19. The van der Waals surface area contributed by atoms with Crippen molar-refractivity contribution in [3.05, 3.63) is 34.6 Å². The van der Waals surface area contributed by atoms with E-state index in [0.717, 1.165) is 6.07 Å². The minimum absolute atomic E-state index is 0.0300. The molecule has 1 aromatic rings. The van der Waals surface area contributed by atoms with Crippen molar-refractivity contribution in [2.75, 3.05) is 7.11 Å². The summed E-state index contributed by atoms with van der Waals surface area (Å²) in [5.74, 6) is -0.484. The van der Waals surface area contributed by atoms with Gasteiger partial charge in [-0.05, 0) is 17.7 Å². The molecular weight excluding hydrogens is 271 g/mol. The Labute approximate surface area is 106 Å². The van der Waals surface area contributed by atoms with E-state index in [0.29, 0.717) is 0 Å². The lowest BCUT2D eigenvalue weighted by molar-refractivity contribution is -0.141. The lowest BCUT2D eigenvalue weighted by Gasteiger charge is -2.06. The van der Waals surface area contributed by atoms with Gasteiger partial charge in [0.25, 0.3) is 0 Å². The molecule has 0 aliphatic rings. The van der Waals surface area contributed by atoms with Crippen LogP contribution in [0.2, 0.25) is 5.15 Å². The van der Waals surface area contributed by atoms with Gasteiger partial charge in [-0.3, -0.25) is 4.79 Å². The number of carbonyl (C=O) groups is 1. The first-order chi connectivity index (χ1) is 8.32. The number of nitrogens with zero attached hydrogens (tertiary/aromatic N) is 1. The van der Waals surface area contributed by atoms with Crippen LogP contribution in [0.3, 0.4) is 0 Å². The number of aromatic nitrogens is 1. The number of carbonyl (C=O) groups excluding carboxylic acids is 1. The quantitative estimate of drug-likeness (QED) is 0.629. The molecule has 0 aromatic carbocycles. The molecule has 18 heavy (non-hydrogen) atoms. The van der Waals surface area contributed by atoms with Gasteiger partial charge in [0.05, 0.1) is 13.5 Å². The lowest BCUT2D eigenvalue weighted by Crippen LogP contribution is -2.08. The maximum atomic E-state index is 12.4. The van der Waals surface area contributed by atoms with Crippen molar-refractivity contribution in [2.24, 2.45) is 0 Å². The van der Waals surface area contributed by atoms with Gasteiger partial charge in [0.2, 0.25) is 0 Å². The molecule has 0 aliphatic carbocycles. The van der Waals surface area contributed by atoms with Gasteiger partial charge in [-0.15, -0.1) is 0 Å². The Kier molecular flexibility index (Phi) is 4.72. The Morgan fingerprint density at radius 2 is 2.17 bits per heavy atom. The fraction of sp³-hybridized carbons (Fsp3) is 0.273. The van der Waals surface area contributed by atoms with E-state index in [9.17, 15) is 18.0 Å². The third kappa shape index (κ3) is 4.37. The molecule has 0 unspecified atom stereocenters. The topological polar surface area (TPSA) is 39.2 Å². The van der Waals surface area contributed by atoms with Crippen LogP contribution in [0.15, 0.2) is 18.2 Å². The number of pyridine rings is 1. The molecule has 7 heteroatoms. The Bertz CT molecular complexity index is 472. The van der Waals surface area contributed by atoms with Crippen molar-refractivity contribution < 1.29 is 22.7 Å². The highest BCUT2D eigenvalue weighted by atomic mass is 35.5. The van der Waals surface area contributed by atoms with Crippen LogP contribution in [0.1, 0.15) is 17.7 Å². The van der Waals surface area contributed by atoms with Crippen molar-refractivity contribution in [1.82, 2.24) is 4.98 Å². The molecule has 0 saturated carbocycles. The Hall–Kier alpha value is -1.56. The summed E-state index contributed by atoms with van der Waals surface area (Å²) in [6, 6.07) is 2.12. The molecule has 0 bridgehead atoms. The zero-order valence-corrected chi connectivity index (χ0v) is 10.0. The van der Waals surface area contributed by atoms with Gasteiger partial charge < -0.3 is 4.74 Å². The highest BCUT2D eigenvalue weighted by molar-refractivity contribution is 6.29. The molecule has 0 atom stereocenters. The largest absolute Gasteiger partial charge is 0.469 e. The van der Waals surface area contributed by atoms with Crippen LogP contribution in [-0.4, -0.2) is 18.1 Å². The standard InChI is InChI=1S/C11H9ClF3NO2/c1-18-10(17)4-2-3-7-5-8(11(13,14)15)16-9(12)6-7/h2-3,5-6H,4H2,1H3. The molecule has 0 saturated heterocycles. The summed E-state index contributed by atoms with van der Waals surface area (Å²) in [5.41, 5.74) is -0.862. The molecule has 0 N–H and O–H groups in total. The molecule has 0 amide bonds. The van der Waals surface area contributed by atoms with Crippen LogP contribution in [0, 0.1) is 0 Å². The van der Waals surface area contributed by atoms with Crippen molar-refractivity contribution in [2.45, 2.75) is 12.6 Å². The zero-order chi connectivity index (χ0) is 13.8. The molecular formula is C11H9ClF3NO2. The normalized spacial score (nSPS) is 11.8. The smallest absolute Gasteiger partial charge is 0.433 e. The highest BCUT2D eigenvalue weighted by Crippen LogP contribution is 2.29. The highest BCUT2D eigenvalue weighted by Gasteiger charge is 2.32. The van der Waals surface area contributed by atoms with E-state index in [1.54, 1.807) is 0 Å². The number of methoxy groups -OCH3 is 1. The first kappa shape index (κ1) is 14.5. The van der Waals surface area contributed by atoms with Crippen molar-refractivity contribution in [3.63, 3.8) is 0 Å². The van der Waals surface area contributed by atoms with E-state index in [1.807, 2.05) is 0 Å². The van der Waals surface area contributed by atoms with Gasteiger partial charge in [-0.25, -0.2) is 4.98 Å². The zero-order valence-electron chi connectivity index (χ0n) is 9.29. The van der Waals surface area contributed by atoms with Crippen LogP contribution in [0.4, 0.5) is 13.2 Å². The molecule has 0 radical (unpaired) electrons. The molecule has 0 aliphatic heterocycles. The number of halogens is 4. The Balaban J connectivity index is 2.90. The monoisotopic (exact) mass is 279 g/mol. The average molecular weight is 280 g/mol. The lowest BCUT2D eigenvalue weighted by atomic mass is 10.2. The second-order valence-electron chi connectivity index (χ2n) is 3.29. The van der Waals surface area contributed by atoms with Gasteiger partial charge in [-0.2, -0.15) is 13.2 Å². The van der Waals surface area contributed by atoms with Crippen molar-refractivity contribution >= 4 is 23.6 Å². The van der Waals surface area contributed by atoms with Crippen molar-refractivity contribution in [1.29, 1.82) is 0 Å². The number of rotatable bonds is 3. The van der Waals surface area contributed by atoms with E-state index in [-0.39, 0.29) is 17.1 Å². The van der Waals surface area contributed by atoms with Gasteiger partial charge in [-0.1, -0.05) is 23.8 Å². The average Bonchev–Trinajstić information content (AvgIpc) is 2.27. The summed E-state index contributed by atoms with van der Waals surface area (Å²) in [5, 5.41) is -0.262. The first-order valence-electron chi connectivity index (χ1n) is 4.81. The molecule has 98 valence electrons. The third-order valence-electron chi connectivity index (χ3n) is 1.93.